The number of hydrogen-bond acceptors (Lipinski definition) is 2. The summed E-state index contributed by atoms with van der Waals surface area (Å²) < 4.78 is 30.3. The molecule has 0 amide bonds. The van der Waals surface area contributed by atoms with Gasteiger partial charge in [-0.1, -0.05) is 0 Å². The van der Waals surface area contributed by atoms with Gasteiger partial charge in [-0.05, 0) is 19.1 Å². The van der Waals surface area contributed by atoms with E-state index in [-0.39, 0.29) is 11.9 Å². The molecule has 4 heteroatoms. The van der Waals surface area contributed by atoms with Crippen LogP contribution in [0.3, 0.4) is 0 Å². The van der Waals surface area contributed by atoms with Crippen molar-refractivity contribution in [3.63, 3.8) is 0 Å². The zero-order valence-electron chi connectivity index (χ0n) is 7.26. The predicted octanol–water partition coefficient (Wildman–Crippen LogP) is 1.69. The first kappa shape index (κ1) is 9.92. The summed E-state index contributed by atoms with van der Waals surface area (Å²) in [6, 6.07) is 3.39. The molecule has 0 bridgehead atoms. The third-order valence-corrected chi connectivity index (χ3v) is 1.56. The summed E-state index contributed by atoms with van der Waals surface area (Å²) in [5.74, 6) is -1.51. The predicted molar refractivity (Wildman–Crippen MR) is 45.5 cm³/mol. The largest absolute Gasteiger partial charge is 0.489 e. The van der Waals surface area contributed by atoms with Crippen LogP contribution in [-0.4, -0.2) is 12.6 Å². The maximum absolute atomic E-state index is 12.6. The van der Waals surface area contributed by atoms with Gasteiger partial charge in [0.05, 0.1) is 0 Å². The summed E-state index contributed by atoms with van der Waals surface area (Å²) in [6.45, 7) is 2.08. The topological polar surface area (TPSA) is 35.2 Å². The van der Waals surface area contributed by atoms with E-state index >= 15 is 0 Å². The minimum absolute atomic E-state index is 0.204. The van der Waals surface area contributed by atoms with Gasteiger partial charge in [0.2, 0.25) is 0 Å². The van der Waals surface area contributed by atoms with Gasteiger partial charge in [-0.2, -0.15) is 0 Å². The molecule has 0 fully saturated rings. The normalized spacial score (nSPS) is 12.6. The molecule has 1 rings (SSSR count). The molecule has 0 aliphatic heterocycles. The lowest BCUT2D eigenvalue weighted by atomic mass is 10.3. The van der Waals surface area contributed by atoms with Crippen LogP contribution >= 0.6 is 0 Å². The molecule has 0 aromatic heterocycles. The van der Waals surface area contributed by atoms with E-state index in [9.17, 15) is 8.78 Å². The van der Waals surface area contributed by atoms with E-state index in [0.29, 0.717) is 6.54 Å². The van der Waals surface area contributed by atoms with Crippen LogP contribution in [0, 0.1) is 11.6 Å². The lowest BCUT2D eigenvalue weighted by Gasteiger charge is -2.11. The van der Waals surface area contributed by atoms with Gasteiger partial charge < -0.3 is 10.5 Å². The lowest BCUT2D eigenvalue weighted by Crippen LogP contribution is -2.22. The summed E-state index contributed by atoms with van der Waals surface area (Å²) in [5, 5.41) is 0. The van der Waals surface area contributed by atoms with Crippen LogP contribution in [0.25, 0.3) is 0 Å². The van der Waals surface area contributed by atoms with E-state index in [2.05, 4.69) is 0 Å². The highest BCUT2D eigenvalue weighted by molar-refractivity contribution is 5.23. The molecule has 13 heavy (non-hydrogen) atoms. The molecule has 0 saturated carbocycles. The van der Waals surface area contributed by atoms with Crippen LogP contribution in [0.1, 0.15) is 6.92 Å². The average Bonchev–Trinajstić information content (AvgIpc) is 2.11. The Morgan fingerprint density at radius 1 is 1.38 bits per heavy atom. The molecule has 2 N–H and O–H groups in total. The summed E-state index contributed by atoms with van der Waals surface area (Å²) in [7, 11) is 0. The summed E-state index contributed by atoms with van der Waals surface area (Å²) in [5.41, 5.74) is 5.30. The van der Waals surface area contributed by atoms with Crippen molar-refractivity contribution in [2.45, 2.75) is 13.0 Å². The monoisotopic (exact) mass is 187 g/mol. The van der Waals surface area contributed by atoms with Gasteiger partial charge in [-0.25, -0.2) is 8.78 Å². The van der Waals surface area contributed by atoms with E-state index in [1.165, 1.54) is 6.07 Å². The Kier molecular flexibility index (Phi) is 3.19. The molecule has 2 nitrogen and oxygen atoms in total. The van der Waals surface area contributed by atoms with E-state index in [4.69, 9.17) is 10.5 Å². The van der Waals surface area contributed by atoms with Crippen molar-refractivity contribution in [2.24, 2.45) is 5.73 Å². The molecule has 0 unspecified atom stereocenters. The lowest BCUT2D eigenvalue weighted by molar-refractivity contribution is 0.228. The first-order valence-electron chi connectivity index (χ1n) is 3.95. The smallest absolute Gasteiger partial charge is 0.162 e. The molecular weight excluding hydrogens is 176 g/mol. The van der Waals surface area contributed by atoms with Gasteiger partial charge >= 0.3 is 0 Å². The van der Waals surface area contributed by atoms with Crippen molar-refractivity contribution in [3.8, 4) is 5.75 Å². The van der Waals surface area contributed by atoms with Crippen LogP contribution in [0.2, 0.25) is 0 Å². The molecule has 72 valence electrons. The zero-order chi connectivity index (χ0) is 9.84. The van der Waals surface area contributed by atoms with Gasteiger partial charge in [-0.3, -0.25) is 0 Å². The van der Waals surface area contributed by atoms with E-state index < -0.39 is 11.6 Å². The third kappa shape index (κ3) is 2.66. The molecule has 1 aromatic carbocycles. The summed E-state index contributed by atoms with van der Waals surface area (Å²) in [4.78, 5) is 0. The Morgan fingerprint density at radius 2 is 2.08 bits per heavy atom. The fourth-order valence-corrected chi connectivity index (χ4v) is 0.831. The Labute approximate surface area is 75.3 Å². The SMILES string of the molecule is C[C@H](CN)Oc1ccc(F)c(F)c1. The molecule has 0 aliphatic rings. The molecule has 0 radical (unpaired) electrons. The fraction of sp³-hybridized carbons (Fsp3) is 0.333. The standard InChI is InChI=1S/C9H11F2NO/c1-6(5-12)13-7-2-3-8(10)9(11)4-7/h2-4,6H,5,12H2,1H3/t6-/m1/s1. The second-order valence-corrected chi connectivity index (χ2v) is 2.74. The molecular formula is C9H11F2NO. The number of nitrogens with two attached hydrogens (primary N) is 1. The van der Waals surface area contributed by atoms with Crippen molar-refractivity contribution in [1.29, 1.82) is 0 Å². The molecule has 0 spiro atoms. The van der Waals surface area contributed by atoms with Crippen LogP contribution in [0.4, 0.5) is 8.78 Å². The van der Waals surface area contributed by atoms with Gasteiger partial charge in [0.25, 0.3) is 0 Å². The fourth-order valence-electron chi connectivity index (χ4n) is 0.831. The number of benzene rings is 1. The molecule has 1 atom stereocenters. The van der Waals surface area contributed by atoms with Crippen LogP contribution in [-0.2, 0) is 0 Å². The van der Waals surface area contributed by atoms with Crippen molar-refractivity contribution in [3.05, 3.63) is 29.8 Å². The van der Waals surface area contributed by atoms with E-state index in [0.717, 1.165) is 12.1 Å². The molecule has 0 saturated heterocycles. The van der Waals surface area contributed by atoms with Gasteiger partial charge in [0.15, 0.2) is 11.6 Å². The van der Waals surface area contributed by atoms with Gasteiger partial charge in [-0.15, -0.1) is 0 Å². The summed E-state index contributed by atoms with van der Waals surface area (Å²) >= 11 is 0. The zero-order valence-corrected chi connectivity index (χ0v) is 7.26. The Hall–Kier alpha value is -1.16. The first-order valence-corrected chi connectivity index (χ1v) is 3.95. The van der Waals surface area contributed by atoms with Crippen LogP contribution in [0.15, 0.2) is 18.2 Å². The van der Waals surface area contributed by atoms with Crippen molar-refractivity contribution >= 4 is 0 Å². The number of halogens is 2. The number of ether oxygens (including phenoxy) is 1. The highest BCUT2D eigenvalue weighted by Gasteiger charge is 2.05. The quantitative estimate of drug-likeness (QED) is 0.781. The van der Waals surface area contributed by atoms with Crippen molar-refractivity contribution in [1.82, 2.24) is 0 Å². The van der Waals surface area contributed by atoms with Crippen LogP contribution in [0.5, 0.6) is 5.75 Å². The van der Waals surface area contributed by atoms with Crippen molar-refractivity contribution in [2.75, 3.05) is 6.54 Å². The minimum atomic E-state index is -0.915. The number of hydrogen-bond donors (Lipinski definition) is 1. The summed E-state index contributed by atoms with van der Waals surface area (Å²) in [6.07, 6.45) is -0.204. The van der Waals surface area contributed by atoms with Gasteiger partial charge in [0.1, 0.15) is 11.9 Å². The number of rotatable bonds is 3. The molecule has 0 heterocycles. The maximum atomic E-state index is 12.6. The van der Waals surface area contributed by atoms with E-state index in [1.54, 1.807) is 6.92 Å². The van der Waals surface area contributed by atoms with Crippen LogP contribution < -0.4 is 10.5 Å². The Bertz CT molecular complexity index is 291. The highest BCUT2D eigenvalue weighted by atomic mass is 19.2. The molecule has 1 aromatic rings. The first-order chi connectivity index (χ1) is 6.13. The highest BCUT2D eigenvalue weighted by Crippen LogP contribution is 2.16. The van der Waals surface area contributed by atoms with Gasteiger partial charge in [0, 0.05) is 12.6 Å². The molecule has 0 aliphatic carbocycles. The Balaban J connectivity index is 2.73. The maximum Gasteiger partial charge on any atom is 0.162 e. The van der Waals surface area contributed by atoms with Crippen molar-refractivity contribution < 1.29 is 13.5 Å². The third-order valence-electron chi connectivity index (χ3n) is 1.56. The second kappa shape index (κ2) is 4.18. The minimum Gasteiger partial charge on any atom is -0.489 e. The second-order valence-electron chi connectivity index (χ2n) is 2.74. The van der Waals surface area contributed by atoms with E-state index in [1.807, 2.05) is 0 Å². The Morgan fingerprint density at radius 3 is 2.62 bits per heavy atom. The average molecular weight is 187 g/mol.